The number of nitrogens with one attached hydrogen (secondary N) is 2. The van der Waals surface area contributed by atoms with Crippen molar-refractivity contribution in [3.63, 3.8) is 0 Å². The number of H-pyrrole nitrogens is 1. The number of furan rings is 1. The number of anilines is 1. The van der Waals surface area contributed by atoms with Gasteiger partial charge >= 0.3 is 0 Å². The summed E-state index contributed by atoms with van der Waals surface area (Å²) in [6, 6.07) is 14.1. The number of likely N-dealkylation sites (tertiary alicyclic amines) is 1. The Morgan fingerprint density at radius 3 is 2.77 bits per heavy atom. The van der Waals surface area contributed by atoms with Crippen LogP contribution in [0, 0.1) is 5.82 Å². The molecular formula is C23H19FN4O3. The maximum Gasteiger partial charge on any atom is 0.290 e. The molecule has 2 N–H and O–H groups in total. The minimum Gasteiger partial charge on any atom is -0.459 e. The summed E-state index contributed by atoms with van der Waals surface area (Å²) in [5, 5.41) is 2.90. The minimum atomic E-state index is -0.551. The molecule has 0 spiro atoms. The quantitative estimate of drug-likeness (QED) is 0.520. The molecule has 1 unspecified atom stereocenters. The van der Waals surface area contributed by atoms with Crippen LogP contribution in [0.5, 0.6) is 0 Å². The van der Waals surface area contributed by atoms with Crippen LogP contribution in [0.2, 0.25) is 0 Å². The normalized spacial score (nSPS) is 16.0. The van der Waals surface area contributed by atoms with E-state index >= 15 is 0 Å². The van der Waals surface area contributed by atoms with Crippen molar-refractivity contribution in [2.24, 2.45) is 0 Å². The highest BCUT2D eigenvalue weighted by atomic mass is 19.1. The van der Waals surface area contributed by atoms with Crippen LogP contribution in [0.15, 0.2) is 65.3 Å². The standard InChI is InChI=1S/C23H19FN4O3/c24-15-7-5-14(6-8-15)21-26-17-10-9-16(13-18(17)27-21)25-22(29)19-3-1-11-28(19)23(30)20-4-2-12-31-20/h2,4-10,12-13,19H,1,3,11H2,(H,25,29)(H,26,27). The van der Waals surface area contributed by atoms with Gasteiger partial charge in [0.15, 0.2) is 5.76 Å². The van der Waals surface area contributed by atoms with Gasteiger partial charge in [0.25, 0.3) is 5.91 Å². The van der Waals surface area contributed by atoms with Crippen molar-refractivity contribution in [3.05, 3.63) is 72.4 Å². The molecule has 2 aromatic heterocycles. The van der Waals surface area contributed by atoms with Crippen LogP contribution in [-0.4, -0.2) is 39.3 Å². The number of halogens is 1. The highest BCUT2D eigenvalue weighted by Crippen LogP contribution is 2.25. The maximum atomic E-state index is 13.2. The molecular weight excluding hydrogens is 399 g/mol. The van der Waals surface area contributed by atoms with Gasteiger partial charge in [0.2, 0.25) is 5.91 Å². The van der Waals surface area contributed by atoms with E-state index in [1.165, 1.54) is 18.4 Å². The molecule has 7 nitrogen and oxygen atoms in total. The number of carbonyl (C=O) groups is 2. The largest absolute Gasteiger partial charge is 0.459 e. The second-order valence-electron chi connectivity index (χ2n) is 7.45. The fraction of sp³-hybridized carbons (Fsp3) is 0.174. The Balaban J connectivity index is 1.34. The van der Waals surface area contributed by atoms with E-state index in [9.17, 15) is 14.0 Å². The third-order valence-corrected chi connectivity index (χ3v) is 5.42. The van der Waals surface area contributed by atoms with Crippen LogP contribution in [0.3, 0.4) is 0 Å². The number of nitrogens with zero attached hydrogens (tertiary/aromatic N) is 2. The zero-order chi connectivity index (χ0) is 21.4. The first-order valence-electron chi connectivity index (χ1n) is 9.99. The summed E-state index contributed by atoms with van der Waals surface area (Å²) in [4.78, 5) is 34.8. The van der Waals surface area contributed by atoms with Crippen molar-refractivity contribution in [2.45, 2.75) is 18.9 Å². The SMILES string of the molecule is O=C(Nc1ccc2nc(-c3ccc(F)cc3)[nH]c2c1)C1CCCN1C(=O)c1ccco1. The predicted octanol–water partition coefficient (Wildman–Crippen LogP) is 4.21. The van der Waals surface area contributed by atoms with Crippen LogP contribution >= 0.6 is 0 Å². The second-order valence-corrected chi connectivity index (χ2v) is 7.45. The van der Waals surface area contributed by atoms with Gasteiger partial charge in [-0.3, -0.25) is 9.59 Å². The topological polar surface area (TPSA) is 91.2 Å². The van der Waals surface area contributed by atoms with E-state index in [2.05, 4.69) is 15.3 Å². The smallest absolute Gasteiger partial charge is 0.290 e. The van der Waals surface area contributed by atoms with Crippen molar-refractivity contribution < 1.29 is 18.4 Å². The molecule has 2 aromatic carbocycles. The summed E-state index contributed by atoms with van der Waals surface area (Å²) in [7, 11) is 0. The number of hydrogen-bond donors (Lipinski definition) is 2. The molecule has 0 radical (unpaired) electrons. The lowest BCUT2D eigenvalue weighted by molar-refractivity contribution is -0.119. The summed E-state index contributed by atoms with van der Waals surface area (Å²) < 4.78 is 18.4. The van der Waals surface area contributed by atoms with E-state index < -0.39 is 6.04 Å². The monoisotopic (exact) mass is 418 g/mol. The molecule has 2 amide bonds. The molecule has 1 aliphatic heterocycles. The molecule has 5 rings (SSSR count). The molecule has 0 bridgehead atoms. The predicted molar refractivity (Wildman–Crippen MR) is 113 cm³/mol. The highest BCUT2D eigenvalue weighted by Gasteiger charge is 2.35. The molecule has 3 heterocycles. The molecule has 1 atom stereocenters. The van der Waals surface area contributed by atoms with E-state index in [1.54, 1.807) is 47.4 Å². The zero-order valence-corrected chi connectivity index (χ0v) is 16.5. The number of benzene rings is 2. The van der Waals surface area contributed by atoms with Crippen LogP contribution < -0.4 is 5.32 Å². The Morgan fingerprint density at radius 2 is 2.00 bits per heavy atom. The van der Waals surface area contributed by atoms with Crippen molar-refractivity contribution in [1.29, 1.82) is 0 Å². The van der Waals surface area contributed by atoms with Crippen LogP contribution in [0.25, 0.3) is 22.4 Å². The molecule has 1 aliphatic rings. The Bertz CT molecular complexity index is 1250. The number of hydrogen-bond acceptors (Lipinski definition) is 4. The second kappa shape index (κ2) is 7.71. The summed E-state index contributed by atoms with van der Waals surface area (Å²) in [5.74, 6) is 0.0124. The van der Waals surface area contributed by atoms with Gasteiger partial charge in [-0.25, -0.2) is 9.37 Å². The van der Waals surface area contributed by atoms with E-state index in [0.29, 0.717) is 24.5 Å². The molecule has 8 heteroatoms. The van der Waals surface area contributed by atoms with Gasteiger partial charge in [0.05, 0.1) is 17.3 Å². The lowest BCUT2D eigenvalue weighted by Crippen LogP contribution is -2.43. The Hall–Kier alpha value is -3.94. The van der Waals surface area contributed by atoms with Gasteiger partial charge in [-0.05, 0) is 67.4 Å². The third kappa shape index (κ3) is 3.68. The third-order valence-electron chi connectivity index (χ3n) is 5.42. The first-order valence-corrected chi connectivity index (χ1v) is 9.99. The number of rotatable bonds is 4. The number of carbonyl (C=O) groups excluding carboxylic acids is 2. The summed E-state index contributed by atoms with van der Waals surface area (Å²) in [6.07, 6.45) is 2.79. The number of imidazole rings is 1. The molecule has 4 aromatic rings. The van der Waals surface area contributed by atoms with E-state index in [4.69, 9.17) is 4.42 Å². The van der Waals surface area contributed by atoms with Crippen LogP contribution in [0.4, 0.5) is 10.1 Å². The van der Waals surface area contributed by atoms with Gasteiger partial charge < -0.3 is 19.6 Å². The summed E-state index contributed by atoms with van der Waals surface area (Å²) >= 11 is 0. The summed E-state index contributed by atoms with van der Waals surface area (Å²) in [6.45, 7) is 0.512. The zero-order valence-electron chi connectivity index (χ0n) is 16.5. The molecule has 0 aliphatic carbocycles. The van der Waals surface area contributed by atoms with E-state index in [1.807, 2.05) is 0 Å². The first kappa shape index (κ1) is 19.0. The molecule has 31 heavy (non-hydrogen) atoms. The van der Waals surface area contributed by atoms with E-state index in [0.717, 1.165) is 23.0 Å². The number of aromatic amines is 1. The van der Waals surface area contributed by atoms with Gasteiger partial charge in [-0.15, -0.1) is 0 Å². The van der Waals surface area contributed by atoms with Gasteiger partial charge in [0.1, 0.15) is 17.7 Å². The van der Waals surface area contributed by atoms with Crippen molar-refractivity contribution in [3.8, 4) is 11.4 Å². The minimum absolute atomic E-state index is 0.229. The first-order chi connectivity index (χ1) is 15.1. The van der Waals surface area contributed by atoms with Crippen LogP contribution in [0.1, 0.15) is 23.4 Å². The van der Waals surface area contributed by atoms with E-state index in [-0.39, 0.29) is 23.4 Å². The van der Waals surface area contributed by atoms with Gasteiger partial charge in [-0.2, -0.15) is 0 Å². The number of aromatic nitrogens is 2. The number of fused-ring (bicyclic) bond motifs is 1. The van der Waals surface area contributed by atoms with Crippen molar-refractivity contribution in [1.82, 2.24) is 14.9 Å². The van der Waals surface area contributed by atoms with Crippen molar-refractivity contribution >= 4 is 28.5 Å². The summed E-state index contributed by atoms with van der Waals surface area (Å²) in [5.41, 5.74) is 2.84. The Morgan fingerprint density at radius 1 is 1.16 bits per heavy atom. The molecule has 1 saturated heterocycles. The fourth-order valence-electron chi connectivity index (χ4n) is 3.88. The lowest BCUT2D eigenvalue weighted by Gasteiger charge is -2.23. The Kier molecular flexibility index (Phi) is 4.74. The maximum absolute atomic E-state index is 13.2. The average molecular weight is 418 g/mol. The average Bonchev–Trinajstić information content (AvgIpc) is 3.53. The molecule has 0 saturated carbocycles. The van der Waals surface area contributed by atoms with Gasteiger partial charge in [-0.1, -0.05) is 0 Å². The lowest BCUT2D eigenvalue weighted by atomic mass is 10.2. The van der Waals surface area contributed by atoms with Crippen molar-refractivity contribution in [2.75, 3.05) is 11.9 Å². The van der Waals surface area contributed by atoms with Gasteiger partial charge in [0, 0.05) is 17.8 Å². The molecule has 1 fully saturated rings. The highest BCUT2D eigenvalue weighted by molar-refractivity contribution is 6.01. The number of amides is 2. The Labute approximate surface area is 176 Å². The molecule has 156 valence electrons. The van der Waals surface area contributed by atoms with Crippen LogP contribution in [-0.2, 0) is 4.79 Å². The fourth-order valence-corrected chi connectivity index (χ4v) is 3.88.